The second-order valence-corrected chi connectivity index (χ2v) is 7.45. The normalized spacial score (nSPS) is 26.9. The van der Waals surface area contributed by atoms with Gasteiger partial charge in [0, 0.05) is 11.5 Å². The molecule has 4 rings (SSSR count). The Bertz CT molecular complexity index is 834. The van der Waals surface area contributed by atoms with Gasteiger partial charge < -0.3 is 19.9 Å². The summed E-state index contributed by atoms with van der Waals surface area (Å²) in [6.45, 7) is 1.23. The summed E-state index contributed by atoms with van der Waals surface area (Å²) in [5.74, 6) is -0.578. The summed E-state index contributed by atoms with van der Waals surface area (Å²) < 4.78 is 48.0. The van der Waals surface area contributed by atoms with Crippen molar-refractivity contribution in [1.82, 2.24) is 5.32 Å². The maximum Gasteiger partial charge on any atom is 0.573 e. The van der Waals surface area contributed by atoms with Crippen LogP contribution in [0.15, 0.2) is 48.5 Å². The Morgan fingerprint density at radius 2 is 1.90 bits per heavy atom. The van der Waals surface area contributed by atoms with Crippen molar-refractivity contribution in [3.8, 4) is 11.5 Å². The molecule has 2 heterocycles. The van der Waals surface area contributed by atoms with Crippen LogP contribution in [0.25, 0.3) is 0 Å². The second kappa shape index (κ2) is 8.42. The molecule has 1 spiro atoms. The third kappa shape index (κ3) is 4.63. The molecule has 0 radical (unpaired) electrons. The van der Waals surface area contributed by atoms with E-state index in [2.05, 4.69) is 22.2 Å². The summed E-state index contributed by atoms with van der Waals surface area (Å²) in [6, 6.07) is 13.7. The van der Waals surface area contributed by atoms with Gasteiger partial charge in [0.2, 0.25) is 0 Å². The topological polar surface area (TPSA) is 50.7 Å². The minimum absolute atomic E-state index is 0. The van der Waals surface area contributed by atoms with E-state index in [-0.39, 0.29) is 35.9 Å². The molecule has 0 amide bonds. The number of halogens is 4. The Morgan fingerprint density at radius 1 is 1.14 bits per heavy atom. The number of phenolic OH excluding ortho intramolecular Hbond substituents is 1. The maximum atomic E-state index is 12.6. The van der Waals surface area contributed by atoms with Gasteiger partial charge in [-0.25, -0.2) is 0 Å². The number of hydrogen-bond acceptors (Lipinski definition) is 4. The molecule has 2 fully saturated rings. The van der Waals surface area contributed by atoms with Crippen molar-refractivity contribution < 1.29 is 27.8 Å². The Balaban J connectivity index is 0.00000240. The van der Waals surface area contributed by atoms with Crippen molar-refractivity contribution in [1.29, 1.82) is 0 Å². The van der Waals surface area contributed by atoms with Crippen molar-refractivity contribution in [3.05, 3.63) is 59.7 Å². The molecule has 0 unspecified atom stereocenters. The number of alkyl halides is 3. The van der Waals surface area contributed by atoms with Gasteiger partial charge in [-0.15, -0.1) is 25.6 Å². The minimum Gasteiger partial charge on any atom is -0.508 e. The first-order valence-corrected chi connectivity index (χ1v) is 9.37. The number of phenols is 1. The Labute approximate surface area is 173 Å². The van der Waals surface area contributed by atoms with E-state index in [0.29, 0.717) is 18.6 Å². The summed E-state index contributed by atoms with van der Waals surface area (Å²) in [6.07, 6.45) is -2.34. The van der Waals surface area contributed by atoms with Gasteiger partial charge in [-0.3, -0.25) is 0 Å². The molecule has 4 nitrogen and oxygen atoms in total. The van der Waals surface area contributed by atoms with E-state index >= 15 is 0 Å². The summed E-state index contributed by atoms with van der Waals surface area (Å²) >= 11 is 0. The van der Waals surface area contributed by atoms with Gasteiger partial charge in [-0.05, 0) is 49.6 Å². The lowest BCUT2D eigenvalue weighted by Gasteiger charge is -2.41. The largest absolute Gasteiger partial charge is 0.573 e. The summed E-state index contributed by atoms with van der Waals surface area (Å²) in [5.41, 5.74) is 1.11. The van der Waals surface area contributed by atoms with Crippen LogP contribution in [0.2, 0.25) is 0 Å². The van der Waals surface area contributed by atoms with E-state index in [4.69, 9.17) is 4.74 Å². The first-order chi connectivity index (χ1) is 13.4. The lowest BCUT2D eigenvalue weighted by Crippen LogP contribution is -2.48. The first-order valence-electron chi connectivity index (χ1n) is 9.37. The smallest absolute Gasteiger partial charge is 0.508 e. The molecule has 2 aliphatic rings. The quantitative estimate of drug-likeness (QED) is 0.714. The Morgan fingerprint density at radius 3 is 2.62 bits per heavy atom. The average molecular weight is 430 g/mol. The predicted molar refractivity (Wildman–Crippen MR) is 104 cm³/mol. The van der Waals surface area contributed by atoms with Crippen LogP contribution in [-0.4, -0.2) is 30.2 Å². The first kappa shape index (κ1) is 21.7. The van der Waals surface area contributed by atoms with E-state index in [1.165, 1.54) is 12.1 Å². The molecular weight excluding hydrogens is 407 g/mol. The number of nitrogens with one attached hydrogen (secondary N) is 1. The number of benzene rings is 2. The van der Waals surface area contributed by atoms with Gasteiger partial charge in [-0.2, -0.15) is 0 Å². The maximum absolute atomic E-state index is 12.6. The van der Waals surface area contributed by atoms with Crippen molar-refractivity contribution in [3.63, 3.8) is 0 Å². The molecule has 2 saturated heterocycles. The lowest BCUT2D eigenvalue weighted by molar-refractivity contribution is -0.274. The molecular formula is C21H23ClF3NO3. The van der Waals surface area contributed by atoms with Crippen LogP contribution >= 0.6 is 12.4 Å². The fourth-order valence-electron chi connectivity index (χ4n) is 4.46. The van der Waals surface area contributed by atoms with Gasteiger partial charge in [0.15, 0.2) is 0 Å². The monoisotopic (exact) mass is 429 g/mol. The van der Waals surface area contributed by atoms with Gasteiger partial charge in [0.25, 0.3) is 0 Å². The highest BCUT2D eigenvalue weighted by Gasteiger charge is 2.49. The molecule has 2 aromatic carbocycles. The standard InChI is InChI=1S/C21H22F3NO3.ClH/c22-21(23,24)28-16-7-8-18(26)17(11-16)15-12-20(27-13-15)9-4-10-25-19(20)14-5-2-1-3-6-14;/h1-3,5-8,11,15,19,25-26H,4,9-10,12-13H2;1H/t15-,19-,20+;/m0./s1. The predicted octanol–water partition coefficient (Wildman–Crippen LogP) is 5.08. The van der Waals surface area contributed by atoms with E-state index in [1.54, 1.807) is 0 Å². The molecule has 0 saturated carbocycles. The zero-order valence-corrected chi connectivity index (χ0v) is 16.4. The second-order valence-electron chi connectivity index (χ2n) is 7.45. The van der Waals surface area contributed by atoms with Crippen LogP contribution in [-0.2, 0) is 4.74 Å². The van der Waals surface area contributed by atoms with E-state index in [9.17, 15) is 18.3 Å². The zero-order valence-electron chi connectivity index (χ0n) is 15.6. The molecule has 3 atom stereocenters. The van der Waals surface area contributed by atoms with Crippen LogP contribution in [0.1, 0.15) is 42.3 Å². The molecule has 2 aromatic rings. The minimum atomic E-state index is -4.77. The highest BCUT2D eigenvalue weighted by atomic mass is 35.5. The third-order valence-corrected chi connectivity index (χ3v) is 5.62. The van der Waals surface area contributed by atoms with Gasteiger partial charge >= 0.3 is 6.36 Å². The van der Waals surface area contributed by atoms with Crippen LogP contribution in [0, 0.1) is 0 Å². The van der Waals surface area contributed by atoms with Crippen molar-refractivity contribution in [2.24, 2.45) is 0 Å². The van der Waals surface area contributed by atoms with Crippen LogP contribution in [0.3, 0.4) is 0 Å². The number of ether oxygens (including phenoxy) is 2. The molecule has 2 N–H and O–H groups in total. The summed E-state index contributed by atoms with van der Waals surface area (Å²) in [5, 5.41) is 13.8. The fraction of sp³-hybridized carbons (Fsp3) is 0.429. The molecule has 0 bridgehead atoms. The van der Waals surface area contributed by atoms with E-state index in [1.807, 2.05) is 18.2 Å². The lowest BCUT2D eigenvalue weighted by atomic mass is 9.77. The van der Waals surface area contributed by atoms with Crippen molar-refractivity contribution in [2.75, 3.05) is 13.2 Å². The number of hydrogen-bond donors (Lipinski definition) is 2. The van der Waals surface area contributed by atoms with Crippen LogP contribution < -0.4 is 10.1 Å². The fourth-order valence-corrected chi connectivity index (χ4v) is 4.46. The Hall–Kier alpha value is -1.96. The van der Waals surface area contributed by atoms with Gasteiger partial charge in [0.05, 0.1) is 18.2 Å². The molecule has 158 valence electrons. The Kier molecular flexibility index (Phi) is 6.31. The van der Waals surface area contributed by atoms with E-state index in [0.717, 1.165) is 31.0 Å². The number of rotatable bonds is 3. The molecule has 0 aliphatic carbocycles. The highest BCUT2D eigenvalue weighted by Crippen LogP contribution is 2.49. The molecule has 2 aliphatic heterocycles. The summed E-state index contributed by atoms with van der Waals surface area (Å²) in [4.78, 5) is 0. The molecule has 0 aromatic heterocycles. The van der Waals surface area contributed by atoms with Crippen molar-refractivity contribution in [2.45, 2.75) is 43.2 Å². The van der Waals surface area contributed by atoms with Crippen molar-refractivity contribution >= 4 is 12.4 Å². The van der Waals surface area contributed by atoms with Gasteiger partial charge in [0.1, 0.15) is 11.5 Å². The van der Waals surface area contributed by atoms with Gasteiger partial charge in [-0.1, -0.05) is 30.3 Å². The van der Waals surface area contributed by atoms with Crippen LogP contribution in [0.4, 0.5) is 13.2 Å². The number of piperidine rings is 1. The number of aromatic hydroxyl groups is 1. The van der Waals surface area contributed by atoms with Crippen LogP contribution in [0.5, 0.6) is 11.5 Å². The third-order valence-electron chi connectivity index (χ3n) is 5.62. The van der Waals surface area contributed by atoms with E-state index < -0.39 is 12.0 Å². The average Bonchev–Trinajstić information content (AvgIpc) is 3.07. The summed E-state index contributed by atoms with van der Waals surface area (Å²) in [7, 11) is 0. The molecule has 29 heavy (non-hydrogen) atoms. The highest BCUT2D eigenvalue weighted by molar-refractivity contribution is 5.85. The zero-order chi connectivity index (χ0) is 19.8. The SMILES string of the molecule is Cl.Oc1ccc(OC(F)(F)F)cc1[C@@H]1CO[C@]2(CCCN[C@H]2c2ccccc2)C1. The molecule has 8 heteroatoms.